The smallest absolute Gasteiger partial charge is 0.260 e. The van der Waals surface area contributed by atoms with Crippen molar-refractivity contribution < 1.29 is 9.53 Å². The number of nitrogens with zero attached hydrogens (tertiary/aromatic N) is 2. The van der Waals surface area contributed by atoms with Gasteiger partial charge in [0.05, 0.1) is 6.20 Å². The molecular weight excluding hydrogens is 228 g/mol. The molecule has 1 aromatic heterocycles. The first-order valence-corrected chi connectivity index (χ1v) is 6.52. The molecule has 4 heteroatoms. The number of hydrogen-bond acceptors (Lipinski definition) is 3. The second kappa shape index (κ2) is 5.85. The third-order valence-corrected chi connectivity index (χ3v) is 3.37. The van der Waals surface area contributed by atoms with Gasteiger partial charge in [0.1, 0.15) is 5.75 Å². The van der Waals surface area contributed by atoms with Crippen LogP contribution in [0.3, 0.4) is 0 Å². The molecule has 1 unspecified atom stereocenters. The Morgan fingerprint density at radius 3 is 3.00 bits per heavy atom. The molecule has 1 atom stereocenters. The van der Waals surface area contributed by atoms with E-state index in [1.807, 2.05) is 24.0 Å². The lowest BCUT2D eigenvalue weighted by molar-refractivity contribution is -0.136. The highest BCUT2D eigenvalue weighted by Crippen LogP contribution is 2.17. The minimum absolute atomic E-state index is 0.0720. The summed E-state index contributed by atoms with van der Waals surface area (Å²) < 4.78 is 5.47. The molecule has 98 valence electrons. The van der Waals surface area contributed by atoms with Gasteiger partial charge in [-0.15, -0.1) is 0 Å². The summed E-state index contributed by atoms with van der Waals surface area (Å²) in [6, 6.07) is 4.06. The SMILES string of the molecule is Cc1ccc(OCC(=O)N2CCCCC2C)cn1. The van der Waals surface area contributed by atoms with Crippen LogP contribution >= 0.6 is 0 Å². The number of aromatic nitrogens is 1. The van der Waals surface area contributed by atoms with Gasteiger partial charge >= 0.3 is 0 Å². The van der Waals surface area contributed by atoms with Gasteiger partial charge in [-0.2, -0.15) is 0 Å². The fraction of sp³-hybridized carbons (Fsp3) is 0.571. The number of aryl methyl sites for hydroxylation is 1. The zero-order chi connectivity index (χ0) is 13.0. The standard InChI is InChI=1S/C14H20N2O2/c1-11-6-7-13(9-15-11)18-10-14(17)16-8-4-3-5-12(16)2/h6-7,9,12H,3-5,8,10H2,1-2H3. The van der Waals surface area contributed by atoms with E-state index in [0.29, 0.717) is 11.8 Å². The second-order valence-corrected chi connectivity index (χ2v) is 4.86. The molecule has 1 aliphatic rings. The average Bonchev–Trinajstić information content (AvgIpc) is 2.38. The number of carbonyl (C=O) groups is 1. The fourth-order valence-corrected chi connectivity index (χ4v) is 2.24. The molecule has 18 heavy (non-hydrogen) atoms. The van der Waals surface area contributed by atoms with Crippen LogP contribution in [0.15, 0.2) is 18.3 Å². The largest absolute Gasteiger partial charge is 0.482 e. The molecule has 0 bridgehead atoms. The molecule has 1 saturated heterocycles. The van der Waals surface area contributed by atoms with Crippen molar-refractivity contribution in [3.8, 4) is 5.75 Å². The van der Waals surface area contributed by atoms with Crippen molar-refractivity contribution in [1.29, 1.82) is 0 Å². The normalized spacial score (nSPS) is 19.7. The summed E-state index contributed by atoms with van der Waals surface area (Å²) in [5.74, 6) is 0.724. The molecule has 0 N–H and O–H groups in total. The summed E-state index contributed by atoms with van der Waals surface area (Å²) in [6.07, 6.45) is 5.07. The van der Waals surface area contributed by atoms with Gasteiger partial charge in [-0.3, -0.25) is 9.78 Å². The lowest BCUT2D eigenvalue weighted by Crippen LogP contribution is -2.44. The van der Waals surface area contributed by atoms with Gasteiger partial charge in [-0.05, 0) is 45.2 Å². The first kappa shape index (κ1) is 12.9. The number of hydrogen-bond donors (Lipinski definition) is 0. The maximum Gasteiger partial charge on any atom is 0.260 e. The fourth-order valence-electron chi connectivity index (χ4n) is 2.24. The first-order valence-electron chi connectivity index (χ1n) is 6.52. The number of amides is 1. The number of ether oxygens (including phenoxy) is 1. The molecular formula is C14H20N2O2. The van der Waals surface area contributed by atoms with Crippen LogP contribution in [0.1, 0.15) is 31.9 Å². The zero-order valence-electron chi connectivity index (χ0n) is 11.1. The van der Waals surface area contributed by atoms with Crippen molar-refractivity contribution in [2.75, 3.05) is 13.2 Å². The van der Waals surface area contributed by atoms with E-state index in [1.54, 1.807) is 6.20 Å². The maximum atomic E-state index is 12.0. The molecule has 0 saturated carbocycles. The third kappa shape index (κ3) is 3.22. The van der Waals surface area contributed by atoms with Gasteiger partial charge in [0.25, 0.3) is 5.91 Å². The monoisotopic (exact) mass is 248 g/mol. The van der Waals surface area contributed by atoms with Gasteiger partial charge in [0.2, 0.25) is 0 Å². The molecule has 2 heterocycles. The summed E-state index contributed by atoms with van der Waals surface area (Å²) in [7, 11) is 0. The summed E-state index contributed by atoms with van der Waals surface area (Å²) >= 11 is 0. The van der Waals surface area contributed by atoms with E-state index in [9.17, 15) is 4.79 Å². The van der Waals surface area contributed by atoms with Gasteiger partial charge in [0, 0.05) is 18.3 Å². The van der Waals surface area contributed by atoms with E-state index in [4.69, 9.17) is 4.74 Å². The van der Waals surface area contributed by atoms with Crippen molar-refractivity contribution in [2.24, 2.45) is 0 Å². The predicted molar refractivity (Wildman–Crippen MR) is 69.5 cm³/mol. The van der Waals surface area contributed by atoms with Gasteiger partial charge in [-0.1, -0.05) is 0 Å². The van der Waals surface area contributed by atoms with Crippen molar-refractivity contribution in [2.45, 2.75) is 39.2 Å². The molecule has 0 spiro atoms. The maximum absolute atomic E-state index is 12.0. The van der Waals surface area contributed by atoms with Crippen molar-refractivity contribution in [1.82, 2.24) is 9.88 Å². The lowest BCUT2D eigenvalue weighted by Gasteiger charge is -2.33. The Morgan fingerprint density at radius 2 is 2.33 bits per heavy atom. The minimum Gasteiger partial charge on any atom is -0.482 e. The van der Waals surface area contributed by atoms with Crippen LogP contribution in [0.5, 0.6) is 5.75 Å². The number of piperidine rings is 1. The second-order valence-electron chi connectivity index (χ2n) is 4.86. The van der Waals surface area contributed by atoms with Crippen LogP contribution in [0, 0.1) is 6.92 Å². The Hall–Kier alpha value is -1.58. The molecule has 0 radical (unpaired) electrons. The highest BCUT2D eigenvalue weighted by atomic mass is 16.5. The van der Waals surface area contributed by atoms with Gasteiger partial charge < -0.3 is 9.64 Å². The van der Waals surface area contributed by atoms with E-state index in [-0.39, 0.29) is 12.5 Å². The molecule has 1 fully saturated rings. The molecule has 1 aliphatic heterocycles. The molecule has 4 nitrogen and oxygen atoms in total. The van der Waals surface area contributed by atoms with Gasteiger partial charge in [-0.25, -0.2) is 0 Å². The van der Waals surface area contributed by atoms with Crippen molar-refractivity contribution in [3.63, 3.8) is 0 Å². The molecule has 2 rings (SSSR count). The van der Waals surface area contributed by atoms with Crippen LogP contribution in [0.25, 0.3) is 0 Å². The summed E-state index contributed by atoms with van der Waals surface area (Å²) in [5.41, 5.74) is 0.943. The quantitative estimate of drug-likeness (QED) is 0.823. The molecule has 1 amide bonds. The predicted octanol–water partition coefficient (Wildman–Crippen LogP) is 2.17. The van der Waals surface area contributed by atoms with Crippen LogP contribution in [0.2, 0.25) is 0 Å². The van der Waals surface area contributed by atoms with Crippen LogP contribution in [-0.2, 0) is 4.79 Å². The Kier molecular flexibility index (Phi) is 4.18. The molecule has 0 aliphatic carbocycles. The summed E-state index contributed by atoms with van der Waals surface area (Å²) in [5, 5.41) is 0. The van der Waals surface area contributed by atoms with E-state index < -0.39 is 0 Å². The number of carbonyl (C=O) groups excluding carboxylic acids is 1. The van der Waals surface area contributed by atoms with Crippen LogP contribution in [0.4, 0.5) is 0 Å². The average molecular weight is 248 g/mol. The third-order valence-electron chi connectivity index (χ3n) is 3.37. The first-order chi connectivity index (χ1) is 8.66. The van der Waals surface area contributed by atoms with E-state index >= 15 is 0 Å². The zero-order valence-corrected chi connectivity index (χ0v) is 11.1. The number of pyridine rings is 1. The van der Waals surface area contributed by atoms with Crippen LogP contribution in [-0.4, -0.2) is 35.0 Å². The van der Waals surface area contributed by atoms with Crippen molar-refractivity contribution in [3.05, 3.63) is 24.0 Å². The topological polar surface area (TPSA) is 42.4 Å². The van der Waals surface area contributed by atoms with E-state index in [2.05, 4.69) is 11.9 Å². The number of rotatable bonds is 3. The number of likely N-dealkylation sites (tertiary alicyclic amines) is 1. The molecule has 1 aromatic rings. The van der Waals surface area contributed by atoms with Crippen molar-refractivity contribution >= 4 is 5.91 Å². The molecule has 0 aromatic carbocycles. The highest BCUT2D eigenvalue weighted by molar-refractivity contribution is 5.78. The van der Waals surface area contributed by atoms with Gasteiger partial charge in [0.15, 0.2) is 6.61 Å². The Balaban J connectivity index is 1.85. The minimum atomic E-state index is 0.0720. The van der Waals surface area contributed by atoms with E-state index in [1.165, 1.54) is 6.42 Å². The van der Waals surface area contributed by atoms with E-state index in [0.717, 1.165) is 25.1 Å². The Morgan fingerprint density at radius 1 is 1.50 bits per heavy atom. The Bertz CT molecular complexity index is 403. The Labute approximate surface area is 108 Å². The highest BCUT2D eigenvalue weighted by Gasteiger charge is 2.23. The summed E-state index contributed by atoms with van der Waals surface area (Å²) in [4.78, 5) is 18.1. The van der Waals surface area contributed by atoms with Crippen LogP contribution < -0.4 is 4.74 Å². The lowest BCUT2D eigenvalue weighted by atomic mass is 10.0. The summed E-state index contributed by atoms with van der Waals surface area (Å²) in [6.45, 7) is 4.99.